The fourth-order valence-electron chi connectivity index (χ4n) is 5.45. The zero-order valence-corrected chi connectivity index (χ0v) is 22.4. The van der Waals surface area contributed by atoms with Gasteiger partial charge < -0.3 is 19.1 Å². The molecule has 5 rings (SSSR count). The van der Waals surface area contributed by atoms with Crippen molar-refractivity contribution in [2.24, 2.45) is 0 Å². The van der Waals surface area contributed by atoms with Gasteiger partial charge in [-0.25, -0.2) is 9.18 Å². The maximum atomic E-state index is 14.8. The highest BCUT2D eigenvalue weighted by atomic mass is 19.1. The predicted octanol–water partition coefficient (Wildman–Crippen LogP) is 5.25. The number of piperidine rings is 2. The molecule has 0 N–H and O–H groups in total. The SMILES string of the molecule is CC(C)c1nn(-c2noc(C3CCN(C4CCN(C(=O)OC(C)(C)C)CC4)CC3)n2)c2c(F)cccc12. The average Bonchev–Trinajstić information content (AvgIpc) is 3.49. The van der Waals surface area contributed by atoms with Crippen LogP contribution in [0.3, 0.4) is 0 Å². The van der Waals surface area contributed by atoms with Crippen molar-refractivity contribution in [2.45, 2.75) is 83.8 Å². The summed E-state index contributed by atoms with van der Waals surface area (Å²) in [4.78, 5) is 21.3. The highest BCUT2D eigenvalue weighted by Gasteiger charge is 2.33. The van der Waals surface area contributed by atoms with Gasteiger partial charge in [0.15, 0.2) is 0 Å². The van der Waals surface area contributed by atoms with Crippen LogP contribution >= 0.6 is 0 Å². The number of hydrogen-bond acceptors (Lipinski definition) is 7. The Labute approximate surface area is 216 Å². The molecule has 0 unspecified atom stereocenters. The molecule has 2 fully saturated rings. The minimum absolute atomic E-state index is 0.136. The summed E-state index contributed by atoms with van der Waals surface area (Å²) in [5, 5.41) is 9.58. The third kappa shape index (κ3) is 5.35. The Kier molecular flexibility index (Phi) is 6.95. The van der Waals surface area contributed by atoms with Crippen molar-refractivity contribution in [3.63, 3.8) is 0 Å². The number of aromatic nitrogens is 4. The second-order valence-electron chi connectivity index (χ2n) is 11.5. The molecule has 2 aromatic heterocycles. The molecule has 1 aromatic carbocycles. The Balaban J connectivity index is 1.21. The summed E-state index contributed by atoms with van der Waals surface area (Å²) in [6.07, 6.45) is 3.51. The number of carbonyl (C=O) groups excluding carboxylic acids is 1. The maximum Gasteiger partial charge on any atom is 0.410 e. The van der Waals surface area contributed by atoms with E-state index in [9.17, 15) is 9.18 Å². The van der Waals surface area contributed by atoms with Crippen LogP contribution in [0.5, 0.6) is 0 Å². The standard InChI is InChI=1S/C27H37FN6O3/c1-17(2)22-20-7-6-8-21(28)23(20)34(30-22)25-29-24(37-31-25)18-9-13-32(14-10-18)19-11-15-33(16-12-19)26(35)36-27(3,4)5/h6-8,17-19H,9-16H2,1-5H3. The molecule has 0 atom stereocenters. The van der Waals surface area contributed by atoms with Gasteiger partial charge in [0.25, 0.3) is 5.95 Å². The fourth-order valence-corrected chi connectivity index (χ4v) is 5.45. The lowest BCUT2D eigenvalue weighted by molar-refractivity contribution is 0.0124. The third-order valence-electron chi connectivity index (χ3n) is 7.36. The fraction of sp³-hybridized carbons (Fsp3) is 0.630. The molecule has 2 aliphatic rings. The molecule has 3 aromatic rings. The van der Waals surface area contributed by atoms with Gasteiger partial charge in [-0.1, -0.05) is 26.0 Å². The smallest absolute Gasteiger partial charge is 0.410 e. The van der Waals surface area contributed by atoms with Crippen LogP contribution in [0.4, 0.5) is 9.18 Å². The van der Waals surface area contributed by atoms with Gasteiger partial charge in [-0.05, 0) is 76.7 Å². The van der Waals surface area contributed by atoms with E-state index in [1.807, 2.05) is 45.6 Å². The summed E-state index contributed by atoms with van der Waals surface area (Å²) in [5.74, 6) is 0.802. The van der Waals surface area contributed by atoms with Crippen molar-refractivity contribution < 1.29 is 18.4 Å². The Morgan fingerprint density at radius 3 is 2.46 bits per heavy atom. The lowest BCUT2D eigenvalue weighted by Gasteiger charge is -2.41. The highest BCUT2D eigenvalue weighted by Crippen LogP contribution is 2.32. The number of likely N-dealkylation sites (tertiary alicyclic amines) is 2. The van der Waals surface area contributed by atoms with E-state index < -0.39 is 5.60 Å². The van der Waals surface area contributed by atoms with Crippen molar-refractivity contribution >= 4 is 17.0 Å². The van der Waals surface area contributed by atoms with Gasteiger partial charge in [-0.3, -0.25) is 0 Å². The first-order valence-electron chi connectivity index (χ1n) is 13.3. The molecule has 0 spiro atoms. The summed E-state index contributed by atoms with van der Waals surface area (Å²) in [7, 11) is 0. The van der Waals surface area contributed by atoms with Crippen LogP contribution in [0.2, 0.25) is 0 Å². The Morgan fingerprint density at radius 2 is 1.81 bits per heavy atom. The Hall–Kier alpha value is -3.01. The highest BCUT2D eigenvalue weighted by molar-refractivity contribution is 5.84. The van der Waals surface area contributed by atoms with E-state index in [1.165, 1.54) is 10.7 Å². The van der Waals surface area contributed by atoms with E-state index in [1.54, 1.807) is 6.07 Å². The number of amides is 1. The first-order chi connectivity index (χ1) is 17.6. The summed E-state index contributed by atoms with van der Waals surface area (Å²) < 4.78 is 27.4. The van der Waals surface area contributed by atoms with Gasteiger partial charge in [0.2, 0.25) is 5.89 Å². The second kappa shape index (κ2) is 10.0. The molecule has 200 valence electrons. The largest absolute Gasteiger partial charge is 0.444 e. The number of ether oxygens (including phenoxy) is 1. The number of nitrogens with zero attached hydrogens (tertiary/aromatic N) is 6. The van der Waals surface area contributed by atoms with Crippen LogP contribution in [0.25, 0.3) is 16.9 Å². The lowest BCUT2D eigenvalue weighted by Crippen LogP contribution is -2.49. The number of rotatable bonds is 4. The van der Waals surface area contributed by atoms with Crippen LogP contribution in [-0.2, 0) is 4.74 Å². The molecule has 0 aliphatic carbocycles. The topological polar surface area (TPSA) is 89.5 Å². The van der Waals surface area contributed by atoms with E-state index in [4.69, 9.17) is 9.26 Å². The Bertz CT molecular complexity index is 1250. The van der Waals surface area contributed by atoms with E-state index >= 15 is 0 Å². The molecule has 2 aliphatic heterocycles. The van der Waals surface area contributed by atoms with Crippen molar-refractivity contribution in [1.29, 1.82) is 0 Å². The summed E-state index contributed by atoms with van der Waals surface area (Å²) >= 11 is 0. The van der Waals surface area contributed by atoms with Crippen LogP contribution in [0.1, 0.15) is 83.7 Å². The molecule has 0 saturated carbocycles. The minimum Gasteiger partial charge on any atom is -0.444 e. The normalized spacial score (nSPS) is 18.7. The molecular weight excluding hydrogens is 475 g/mol. The minimum atomic E-state index is -0.472. The zero-order chi connectivity index (χ0) is 26.3. The van der Waals surface area contributed by atoms with Gasteiger partial charge in [-0.2, -0.15) is 14.8 Å². The van der Waals surface area contributed by atoms with Gasteiger partial charge in [-0.15, -0.1) is 0 Å². The number of benzene rings is 1. The van der Waals surface area contributed by atoms with Crippen molar-refractivity contribution in [2.75, 3.05) is 26.2 Å². The number of hydrogen-bond donors (Lipinski definition) is 0. The van der Waals surface area contributed by atoms with Crippen LogP contribution in [0, 0.1) is 5.82 Å². The second-order valence-corrected chi connectivity index (χ2v) is 11.5. The monoisotopic (exact) mass is 512 g/mol. The zero-order valence-electron chi connectivity index (χ0n) is 22.4. The molecule has 9 nitrogen and oxygen atoms in total. The molecular formula is C27H37FN6O3. The van der Waals surface area contributed by atoms with E-state index in [2.05, 4.69) is 20.1 Å². The Morgan fingerprint density at radius 1 is 1.11 bits per heavy atom. The van der Waals surface area contributed by atoms with Gasteiger partial charge >= 0.3 is 6.09 Å². The first kappa shape index (κ1) is 25.6. The summed E-state index contributed by atoms with van der Waals surface area (Å²) in [6.45, 7) is 13.1. The summed E-state index contributed by atoms with van der Waals surface area (Å²) in [5.41, 5.74) is 0.720. The molecule has 0 bridgehead atoms. The molecule has 10 heteroatoms. The number of para-hydroxylation sites is 1. The quantitative estimate of drug-likeness (QED) is 0.472. The van der Waals surface area contributed by atoms with Gasteiger partial charge in [0.05, 0.1) is 5.69 Å². The van der Waals surface area contributed by atoms with Gasteiger partial charge in [0.1, 0.15) is 16.9 Å². The van der Waals surface area contributed by atoms with Gasteiger partial charge in [0, 0.05) is 30.4 Å². The molecule has 37 heavy (non-hydrogen) atoms. The summed E-state index contributed by atoms with van der Waals surface area (Å²) in [6, 6.07) is 5.48. The van der Waals surface area contributed by atoms with E-state index in [0.29, 0.717) is 17.4 Å². The molecule has 0 radical (unpaired) electrons. The van der Waals surface area contributed by atoms with Crippen molar-refractivity contribution in [3.8, 4) is 5.95 Å². The first-order valence-corrected chi connectivity index (χ1v) is 13.3. The van der Waals surface area contributed by atoms with E-state index in [-0.39, 0.29) is 29.7 Å². The van der Waals surface area contributed by atoms with Crippen LogP contribution in [-0.4, -0.2) is 73.6 Å². The predicted molar refractivity (Wildman–Crippen MR) is 137 cm³/mol. The number of fused-ring (bicyclic) bond motifs is 1. The van der Waals surface area contributed by atoms with Crippen molar-refractivity contribution in [1.82, 2.24) is 29.7 Å². The van der Waals surface area contributed by atoms with E-state index in [0.717, 1.165) is 62.9 Å². The maximum absolute atomic E-state index is 14.8. The third-order valence-corrected chi connectivity index (χ3v) is 7.36. The molecule has 4 heterocycles. The van der Waals surface area contributed by atoms with Crippen LogP contribution < -0.4 is 0 Å². The van der Waals surface area contributed by atoms with Crippen LogP contribution in [0.15, 0.2) is 22.7 Å². The molecule has 2 saturated heterocycles. The number of halogens is 1. The van der Waals surface area contributed by atoms with Crippen molar-refractivity contribution in [3.05, 3.63) is 35.6 Å². The average molecular weight is 513 g/mol. The lowest BCUT2D eigenvalue weighted by atomic mass is 9.93. The molecule has 1 amide bonds. The number of carbonyl (C=O) groups is 1.